The molecule has 0 fully saturated rings. The van der Waals surface area contributed by atoms with E-state index in [1.165, 1.54) is 35.0 Å². The van der Waals surface area contributed by atoms with Crippen molar-refractivity contribution in [2.45, 2.75) is 11.4 Å². The summed E-state index contributed by atoms with van der Waals surface area (Å²) in [6.07, 6.45) is 1.46. The molecule has 0 bridgehead atoms. The summed E-state index contributed by atoms with van der Waals surface area (Å²) in [6, 6.07) is 3.34. The fraction of sp³-hybridized carbons (Fsp3) is 0.182. The Morgan fingerprint density at radius 3 is 2.65 bits per heavy atom. The molecule has 0 saturated heterocycles. The van der Waals surface area contributed by atoms with Gasteiger partial charge in [0.25, 0.3) is 0 Å². The van der Waals surface area contributed by atoms with Gasteiger partial charge in [0.15, 0.2) is 0 Å². The molecule has 9 heteroatoms. The van der Waals surface area contributed by atoms with Gasteiger partial charge in [-0.05, 0) is 44.0 Å². The zero-order valence-corrected chi connectivity index (χ0v) is 15.7. The van der Waals surface area contributed by atoms with Crippen LogP contribution in [0, 0.1) is 0 Å². The second-order valence-electron chi connectivity index (χ2n) is 3.93. The Morgan fingerprint density at radius 2 is 2.05 bits per heavy atom. The van der Waals surface area contributed by atoms with Gasteiger partial charge in [-0.15, -0.1) is 11.3 Å². The highest BCUT2D eigenvalue weighted by Crippen LogP contribution is 2.27. The number of hydrogen-bond acceptors (Lipinski definition) is 4. The van der Waals surface area contributed by atoms with Crippen LogP contribution in [0.3, 0.4) is 0 Å². The SMILES string of the molecule is CN(Cc1cc(Br)cs1)S(=O)(=O)c1cc(Br)cnc1Cl. The van der Waals surface area contributed by atoms with Crippen LogP contribution >= 0.6 is 54.8 Å². The first kappa shape index (κ1) is 16.4. The average Bonchev–Trinajstić information content (AvgIpc) is 2.77. The van der Waals surface area contributed by atoms with Gasteiger partial charge in [-0.3, -0.25) is 0 Å². The van der Waals surface area contributed by atoms with Crippen LogP contribution in [0.4, 0.5) is 0 Å². The summed E-state index contributed by atoms with van der Waals surface area (Å²) in [6.45, 7) is 0.279. The molecule has 0 saturated carbocycles. The summed E-state index contributed by atoms with van der Waals surface area (Å²) >= 11 is 13.9. The van der Waals surface area contributed by atoms with Crippen molar-refractivity contribution in [3.8, 4) is 0 Å². The highest BCUT2D eigenvalue weighted by atomic mass is 79.9. The molecule has 20 heavy (non-hydrogen) atoms. The molecule has 2 aromatic heterocycles. The molecule has 0 aromatic carbocycles. The van der Waals surface area contributed by atoms with Gasteiger partial charge >= 0.3 is 0 Å². The minimum atomic E-state index is -3.68. The van der Waals surface area contributed by atoms with Crippen LogP contribution in [-0.2, 0) is 16.6 Å². The lowest BCUT2D eigenvalue weighted by atomic mass is 10.5. The van der Waals surface area contributed by atoms with Crippen molar-refractivity contribution in [3.05, 3.63) is 42.7 Å². The third kappa shape index (κ3) is 3.61. The molecule has 4 nitrogen and oxygen atoms in total. The number of aromatic nitrogens is 1. The first-order chi connectivity index (χ1) is 9.30. The number of rotatable bonds is 4. The second-order valence-corrected chi connectivity index (χ2v) is 9.13. The standard InChI is InChI=1S/C11H9Br2ClN2O2S2/c1-16(5-9-2-8(13)6-19-9)20(17,18)10-3-7(12)4-15-11(10)14/h2-4,6H,5H2,1H3. The Kier molecular flexibility index (Phi) is 5.25. The van der Waals surface area contributed by atoms with Crippen molar-refractivity contribution < 1.29 is 8.42 Å². The van der Waals surface area contributed by atoms with E-state index in [0.717, 1.165) is 9.35 Å². The van der Waals surface area contributed by atoms with Crippen molar-refractivity contribution >= 4 is 64.8 Å². The quantitative estimate of drug-likeness (QED) is 0.645. The van der Waals surface area contributed by atoms with Gasteiger partial charge < -0.3 is 0 Å². The van der Waals surface area contributed by atoms with E-state index in [-0.39, 0.29) is 16.6 Å². The fourth-order valence-electron chi connectivity index (χ4n) is 1.49. The van der Waals surface area contributed by atoms with Crippen LogP contribution in [0.2, 0.25) is 5.15 Å². The minimum absolute atomic E-state index is 0.00772. The summed E-state index contributed by atoms with van der Waals surface area (Å²) in [7, 11) is -2.17. The van der Waals surface area contributed by atoms with Gasteiger partial charge in [-0.1, -0.05) is 11.6 Å². The van der Waals surface area contributed by atoms with Gasteiger partial charge in [0.05, 0.1) is 0 Å². The highest BCUT2D eigenvalue weighted by Gasteiger charge is 2.25. The number of thiophene rings is 1. The topological polar surface area (TPSA) is 50.3 Å². The summed E-state index contributed by atoms with van der Waals surface area (Å²) in [4.78, 5) is 4.77. The molecule has 2 aromatic rings. The molecule has 0 amide bonds. The Hall–Kier alpha value is 0.01000. The molecule has 0 unspecified atom stereocenters. The third-order valence-electron chi connectivity index (χ3n) is 2.46. The molecule has 2 rings (SSSR count). The number of halogens is 3. The van der Waals surface area contributed by atoms with E-state index in [0.29, 0.717) is 4.47 Å². The van der Waals surface area contributed by atoms with Crippen LogP contribution in [0.1, 0.15) is 4.88 Å². The monoisotopic (exact) mass is 458 g/mol. The summed E-state index contributed by atoms with van der Waals surface area (Å²) in [5, 5.41) is 1.87. The van der Waals surface area contributed by atoms with Crippen molar-refractivity contribution in [2.75, 3.05) is 7.05 Å². The average molecular weight is 461 g/mol. The predicted octanol–water partition coefficient (Wildman–Crippen LogP) is 4.14. The Bertz CT molecular complexity index is 734. The molecule has 0 N–H and O–H groups in total. The van der Waals surface area contributed by atoms with Gasteiger partial charge in [0.1, 0.15) is 10.0 Å². The first-order valence-corrected chi connectivity index (χ1v) is 9.59. The van der Waals surface area contributed by atoms with Gasteiger partial charge in [-0.2, -0.15) is 4.31 Å². The van der Waals surface area contributed by atoms with Gasteiger partial charge in [0, 0.05) is 39.0 Å². The fourth-order valence-corrected chi connectivity index (χ4v) is 5.14. The number of hydrogen-bond donors (Lipinski definition) is 0. The number of nitrogens with zero attached hydrogens (tertiary/aromatic N) is 2. The molecular weight excluding hydrogens is 452 g/mol. The molecule has 108 valence electrons. The predicted molar refractivity (Wildman–Crippen MR) is 87.6 cm³/mol. The van der Waals surface area contributed by atoms with Gasteiger partial charge in [-0.25, -0.2) is 13.4 Å². The lowest BCUT2D eigenvalue weighted by Gasteiger charge is -2.17. The molecule has 0 aliphatic rings. The van der Waals surface area contributed by atoms with Crippen LogP contribution in [0.15, 0.2) is 37.6 Å². The van der Waals surface area contributed by atoms with Crippen LogP contribution in [-0.4, -0.2) is 24.8 Å². The molecule has 0 radical (unpaired) electrons. The maximum absolute atomic E-state index is 12.5. The van der Waals surface area contributed by atoms with Crippen molar-refractivity contribution in [1.82, 2.24) is 9.29 Å². The lowest BCUT2D eigenvalue weighted by molar-refractivity contribution is 0.469. The Labute approximate surface area is 143 Å². The molecule has 0 aliphatic carbocycles. The number of pyridine rings is 1. The molecule has 0 atom stereocenters. The summed E-state index contributed by atoms with van der Waals surface area (Å²) in [5.74, 6) is 0. The third-order valence-corrected chi connectivity index (χ3v) is 6.81. The van der Waals surface area contributed by atoms with Crippen molar-refractivity contribution in [3.63, 3.8) is 0 Å². The van der Waals surface area contributed by atoms with Crippen LogP contribution in [0.5, 0.6) is 0 Å². The van der Waals surface area contributed by atoms with Crippen LogP contribution < -0.4 is 0 Å². The second kappa shape index (κ2) is 6.41. The first-order valence-electron chi connectivity index (χ1n) is 5.31. The summed E-state index contributed by atoms with van der Waals surface area (Å²) in [5.41, 5.74) is 0. The van der Waals surface area contributed by atoms with Crippen molar-refractivity contribution in [2.24, 2.45) is 0 Å². The van der Waals surface area contributed by atoms with E-state index in [2.05, 4.69) is 36.8 Å². The zero-order chi connectivity index (χ0) is 14.9. The molecular formula is C11H9Br2ClN2O2S2. The van der Waals surface area contributed by atoms with E-state index >= 15 is 0 Å². The lowest BCUT2D eigenvalue weighted by Crippen LogP contribution is -2.26. The minimum Gasteiger partial charge on any atom is -0.242 e. The summed E-state index contributed by atoms with van der Waals surface area (Å²) < 4.78 is 27.7. The Balaban J connectivity index is 2.32. The van der Waals surface area contributed by atoms with E-state index in [9.17, 15) is 8.42 Å². The normalized spacial score (nSPS) is 12.1. The van der Waals surface area contributed by atoms with Crippen molar-refractivity contribution in [1.29, 1.82) is 0 Å². The Morgan fingerprint density at radius 1 is 1.35 bits per heavy atom. The smallest absolute Gasteiger partial charge is 0.242 e. The van der Waals surface area contributed by atoms with E-state index < -0.39 is 10.0 Å². The molecule has 2 heterocycles. The maximum Gasteiger partial charge on any atom is 0.246 e. The van der Waals surface area contributed by atoms with E-state index in [1.54, 1.807) is 0 Å². The van der Waals surface area contributed by atoms with Gasteiger partial charge in [0.2, 0.25) is 10.0 Å². The highest BCUT2D eigenvalue weighted by molar-refractivity contribution is 9.10. The largest absolute Gasteiger partial charge is 0.246 e. The van der Waals surface area contributed by atoms with E-state index in [1.807, 2.05) is 11.4 Å². The zero-order valence-electron chi connectivity index (χ0n) is 10.2. The number of sulfonamides is 1. The maximum atomic E-state index is 12.5. The van der Waals surface area contributed by atoms with E-state index in [4.69, 9.17) is 11.6 Å². The molecule has 0 aliphatic heterocycles. The van der Waals surface area contributed by atoms with Crippen LogP contribution in [0.25, 0.3) is 0 Å². The molecule has 0 spiro atoms.